The van der Waals surface area contributed by atoms with Crippen molar-refractivity contribution >= 4 is 23.4 Å². The van der Waals surface area contributed by atoms with Crippen molar-refractivity contribution in [3.63, 3.8) is 0 Å². The van der Waals surface area contributed by atoms with Crippen molar-refractivity contribution in [3.05, 3.63) is 0 Å². The van der Waals surface area contributed by atoms with Crippen LogP contribution < -0.4 is 10.6 Å². The second kappa shape index (κ2) is 26.8. The fourth-order valence-electron chi connectivity index (χ4n) is 2.43. The smallest absolute Gasteiger partial charge is 0.246 e. The zero-order valence-electron chi connectivity index (χ0n) is 19.7. The minimum atomic E-state index is -0.195. The Labute approximate surface area is 203 Å². The van der Waals surface area contributed by atoms with E-state index >= 15 is 0 Å². The number of hydrogen-bond donors (Lipinski definition) is 2. The Morgan fingerprint density at radius 1 is 0.667 bits per heavy atom. The number of terminal acetylenes is 1. The SMILES string of the molecule is C#CCCC(=O)NCCOCCOCCOCC(=O)NCCOCCOCCCCCCCl. The van der Waals surface area contributed by atoms with E-state index in [1.807, 2.05) is 0 Å². The number of ether oxygens (including phenoxy) is 5. The van der Waals surface area contributed by atoms with Crippen molar-refractivity contribution in [2.75, 3.05) is 85.0 Å². The first-order valence-corrected chi connectivity index (χ1v) is 12.2. The van der Waals surface area contributed by atoms with Crippen molar-refractivity contribution in [3.8, 4) is 12.3 Å². The van der Waals surface area contributed by atoms with Gasteiger partial charge < -0.3 is 34.3 Å². The van der Waals surface area contributed by atoms with Gasteiger partial charge in [-0.2, -0.15) is 0 Å². The highest BCUT2D eigenvalue weighted by Gasteiger charge is 2.01. The lowest BCUT2D eigenvalue weighted by molar-refractivity contribution is -0.126. The lowest BCUT2D eigenvalue weighted by Gasteiger charge is -2.09. The van der Waals surface area contributed by atoms with Crippen LogP contribution in [0.4, 0.5) is 0 Å². The fourth-order valence-corrected chi connectivity index (χ4v) is 2.62. The molecular weight excluding hydrogens is 452 g/mol. The molecule has 2 N–H and O–H groups in total. The van der Waals surface area contributed by atoms with Crippen molar-refractivity contribution in [1.29, 1.82) is 0 Å². The molecule has 0 saturated carbocycles. The second-order valence-electron chi connectivity index (χ2n) is 7.01. The largest absolute Gasteiger partial charge is 0.379 e. The van der Waals surface area contributed by atoms with Crippen LogP contribution in [0.3, 0.4) is 0 Å². The van der Waals surface area contributed by atoms with Crippen molar-refractivity contribution < 1.29 is 33.3 Å². The number of rotatable bonds is 25. The highest BCUT2D eigenvalue weighted by molar-refractivity contribution is 6.17. The lowest BCUT2D eigenvalue weighted by atomic mass is 10.2. The number of alkyl halides is 1. The fraction of sp³-hybridized carbons (Fsp3) is 0.826. The molecule has 9 nitrogen and oxygen atoms in total. The van der Waals surface area contributed by atoms with Gasteiger partial charge in [0.05, 0.1) is 52.9 Å². The number of hydrogen-bond acceptors (Lipinski definition) is 7. The van der Waals surface area contributed by atoms with E-state index in [-0.39, 0.29) is 18.4 Å². The monoisotopic (exact) mass is 492 g/mol. The highest BCUT2D eigenvalue weighted by Crippen LogP contribution is 2.01. The molecular formula is C23H41ClN2O7. The second-order valence-corrected chi connectivity index (χ2v) is 7.39. The summed E-state index contributed by atoms with van der Waals surface area (Å²) in [7, 11) is 0. The molecule has 0 aliphatic carbocycles. The number of carbonyl (C=O) groups is 2. The number of halogens is 1. The predicted octanol–water partition coefficient (Wildman–Crippen LogP) is 1.51. The van der Waals surface area contributed by atoms with Gasteiger partial charge >= 0.3 is 0 Å². The molecule has 192 valence electrons. The topological polar surface area (TPSA) is 104 Å². The molecule has 0 radical (unpaired) electrons. The van der Waals surface area contributed by atoms with Crippen LogP contribution in [0, 0.1) is 12.3 Å². The van der Waals surface area contributed by atoms with Gasteiger partial charge in [0.1, 0.15) is 6.61 Å². The predicted molar refractivity (Wildman–Crippen MR) is 127 cm³/mol. The number of amides is 2. The summed E-state index contributed by atoms with van der Waals surface area (Å²) in [6.45, 7) is 5.02. The Morgan fingerprint density at radius 3 is 1.79 bits per heavy atom. The van der Waals surface area contributed by atoms with Crippen LogP contribution in [0.1, 0.15) is 38.5 Å². The zero-order valence-corrected chi connectivity index (χ0v) is 20.5. The van der Waals surface area contributed by atoms with Gasteiger partial charge in [0, 0.05) is 38.4 Å². The third kappa shape index (κ3) is 26.7. The summed E-state index contributed by atoms with van der Waals surface area (Å²) in [5.74, 6) is 2.87. The Balaban J connectivity index is 3.20. The maximum absolute atomic E-state index is 11.6. The van der Waals surface area contributed by atoms with Crippen molar-refractivity contribution in [2.45, 2.75) is 38.5 Å². The first-order valence-electron chi connectivity index (χ1n) is 11.6. The molecule has 0 spiro atoms. The Hall–Kier alpha value is -1.41. The molecule has 0 unspecified atom stereocenters. The van der Waals surface area contributed by atoms with Crippen molar-refractivity contribution in [2.24, 2.45) is 0 Å². The number of carbonyl (C=O) groups excluding carboxylic acids is 2. The van der Waals surface area contributed by atoms with E-state index in [1.165, 1.54) is 0 Å². The standard InChI is InChI=1S/C23H41ClN2O7/c1-2-3-8-22(27)25-10-13-30-17-18-32-19-20-33-21-23(28)26-11-14-31-16-15-29-12-7-5-4-6-9-24/h1H,3-21H2,(H,25,27)(H,26,28). The normalized spacial score (nSPS) is 10.7. The third-order valence-electron chi connectivity index (χ3n) is 4.16. The third-order valence-corrected chi connectivity index (χ3v) is 4.42. The maximum atomic E-state index is 11.6. The van der Waals surface area contributed by atoms with E-state index in [0.29, 0.717) is 78.8 Å². The van der Waals surface area contributed by atoms with E-state index in [4.69, 9.17) is 41.7 Å². The molecule has 0 atom stereocenters. The highest BCUT2D eigenvalue weighted by atomic mass is 35.5. The molecule has 0 bridgehead atoms. The van der Waals surface area contributed by atoms with Gasteiger partial charge in [0.25, 0.3) is 0 Å². The van der Waals surface area contributed by atoms with Gasteiger partial charge in [-0.1, -0.05) is 12.8 Å². The zero-order chi connectivity index (χ0) is 24.2. The van der Waals surface area contributed by atoms with E-state index in [2.05, 4.69) is 16.6 Å². The summed E-state index contributed by atoms with van der Waals surface area (Å²) in [4.78, 5) is 22.9. The van der Waals surface area contributed by atoms with E-state index in [0.717, 1.165) is 38.2 Å². The van der Waals surface area contributed by atoms with Gasteiger partial charge in [0.2, 0.25) is 11.8 Å². The molecule has 0 heterocycles. The maximum Gasteiger partial charge on any atom is 0.246 e. The van der Waals surface area contributed by atoms with Crippen LogP contribution in [-0.4, -0.2) is 96.9 Å². The molecule has 33 heavy (non-hydrogen) atoms. The lowest BCUT2D eigenvalue weighted by Crippen LogP contribution is -2.31. The van der Waals surface area contributed by atoms with E-state index in [9.17, 15) is 9.59 Å². The van der Waals surface area contributed by atoms with Crippen LogP contribution in [-0.2, 0) is 33.3 Å². The molecule has 0 aromatic rings. The number of unbranched alkanes of at least 4 members (excludes halogenated alkanes) is 3. The van der Waals surface area contributed by atoms with Crippen LogP contribution >= 0.6 is 11.6 Å². The van der Waals surface area contributed by atoms with Crippen molar-refractivity contribution in [1.82, 2.24) is 10.6 Å². The average Bonchev–Trinajstić information content (AvgIpc) is 2.81. The molecule has 0 rings (SSSR count). The summed E-state index contributed by atoms with van der Waals surface area (Å²) in [6.07, 6.45) is 10.2. The minimum Gasteiger partial charge on any atom is -0.379 e. The quantitative estimate of drug-likeness (QED) is 0.113. The van der Waals surface area contributed by atoms with Gasteiger partial charge in [0.15, 0.2) is 0 Å². The van der Waals surface area contributed by atoms with Gasteiger partial charge in [-0.15, -0.1) is 23.9 Å². The Morgan fingerprint density at radius 2 is 1.18 bits per heavy atom. The summed E-state index contributed by atoms with van der Waals surface area (Å²) < 4.78 is 26.8. The van der Waals surface area contributed by atoms with E-state index < -0.39 is 0 Å². The number of nitrogens with one attached hydrogen (secondary N) is 2. The molecule has 10 heteroatoms. The van der Waals surface area contributed by atoms with Crippen LogP contribution in [0.2, 0.25) is 0 Å². The molecule has 0 aliphatic heterocycles. The summed E-state index contributed by atoms with van der Waals surface area (Å²) in [5, 5.41) is 5.43. The van der Waals surface area contributed by atoms with Crippen LogP contribution in [0.25, 0.3) is 0 Å². The van der Waals surface area contributed by atoms with E-state index in [1.54, 1.807) is 0 Å². The van der Waals surface area contributed by atoms with Gasteiger partial charge in [-0.05, 0) is 12.8 Å². The van der Waals surface area contributed by atoms with Crippen LogP contribution in [0.5, 0.6) is 0 Å². The average molecular weight is 493 g/mol. The molecule has 0 saturated heterocycles. The van der Waals surface area contributed by atoms with Gasteiger partial charge in [-0.3, -0.25) is 9.59 Å². The first kappa shape index (κ1) is 31.6. The molecule has 0 fully saturated rings. The molecule has 2 amide bonds. The Kier molecular flexibility index (Phi) is 25.7. The summed E-state index contributed by atoms with van der Waals surface area (Å²) in [6, 6.07) is 0. The molecule has 0 aromatic carbocycles. The molecule has 0 aromatic heterocycles. The summed E-state index contributed by atoms with van der Waals surface area (Å²) >= 11 is 5.62. The first-order chi connectivity index (χ1) is 16.2. The van der Waals surface area contributed by atoms with Crippen LogP contribution in [0.15, 0.2) is 0 Å². The minimum absolute atomic E-state index is 0.0218. The Bertz CT molecular complexity index is 504. The van der Waals surface area contributed by atoms with Gasteiger partial charge in [-0.25, -0.2) is 0 Å². The molecule has 0 aliphatic rings. The summed E-state index contributed by atoms with van der Waals surface area (Å²) in [5.41, 5.74) is 0.